The van der Waals surface area contributed by atoms with Crippen LogP contribution in [0.5, 0.6) is 0 Å². The van der Waals surface area contributed by atoms with E-state index < -0.39 is 10.0 Å². The van der Waals surface area contributed by atoms with Crippen LogP contribution in [0.15, 0.2) is 64.0 Å². The Morgan fingerprint density at radius 3 is 2.43 bits per heavy atom. The summed E-state index contributed by atoms with van der Waals surface area (Å²) in [5, 5.41) is 10.3. The second-order valence-electron chi connectivity index (χ2n) is 4.58. The molecule has 2 aromatic carbocycles. The molecule has 6 heteroatoms. The van der Waals surface area contributed by atoms with E-state index in [1.807, 2.05) is 12.1 Å². The van der Waals surface area contributed by atoms with Crippen LogP contribution in [0.1, 0.15) is 5.69 Å². The predicted molar refractivity (Wildman–Crippen MR) is 84.6 cm³/mol. The number of hydrogen-bond acceptors (Lipinski definition) is 3. The van der Waals surface area contributed by atoms with Crippen LogP contribution in [0.2, 0.25) is 0 Å². The molecule has 0 aliphatic rings. The van der Waals surface area contributed by atoms with E-state index in [1.54, 1.807) is 42.5 Å². The molecule has 21 heavy (non-hydrogen) atoms. The Labute approximate surface area is 130 Å². The standard InChI is InChI=1S/C15H12BrNO3S/c16-12-7-6-11-8-13(10-18)17(15(11)9-12)21(19,20)14-4-2-1-3-5-14/h1-9,18H,10H2. The van der Waals surface area contributed by atoms with Crippen molar-refractivity contribution in [2.24, 2.45) is 0 Å². The van der Waals surface area contributed by atoms with E-state index in [2.05, 4.69) is 15.9 Å². The monoisotopic (exact) mass is 365 g/mol. The van der Waals surface area contributed by atoms with Gasteiger partial charge in [-0.05, 0) is 30.3 Å². The first-order chi connectivity index (χ1) is 10.0. The van der Waals surface area contributed by atoms with Gasteiger partial charge in [0, 0.05) is 9.86 Å². The van der Waals surface area contributed by atoms with Gasteiger partial charge >= 0.3 is 0 Å². The Bertz CT molecular complexity index is 901. The first-order valence-corrected chi connectivity index (χ1v) is 8.49. The van der Waals surface area contributed by atoms with E-state index in [0.29, 0.717) is 11.2 Å². The smallest absolute Gasteiger partial charge is 0.268 e. The topological polar surface area (TPSA) is 59.3 Å². The zero-order chi connectivity index (χ0) is 15.0. The van der Waals surface area contributed by atoms with Crippen molar-refractivity contribution in [3.8, 4) is 0 Å². The van der Waals surface area contributed by atoms with Crippen molar-refractivity contribution in [3.05, 3.63) is 64.8 Å². The van der Waals surface area contributed by atoms with Crippen molar-refractivity contribution in [2.45, 2.75) is 11.5 Å². The van der Waals surface area contributed by atoms with Crippen molar-refractivity contribution < 1.29 is 13.5 Å². The Balaban J connectivity index is 2.36. The van der Waals surface area contributed by atoms with Crippen LogP contribution in [0, 0.1) is 0 Å². The molecule has 0 atom stereocenters. The third-order valence-corrected chi connectivity index (χ3v) is 5.51. The number of aliphatic hydroxyl groups is 1. The van der Waals surface area contributed by atoms with Gasteiger partial charge < -0.3 is 5.11 Å². The summed E-state index contributed by atoms with van der Waals surface area (Å²) in [6, 6.07) is 15.3. The quantitative estimate of drug-likeness (QED) is 0.775. The van der Waals surface area contributed by atoms with Gasteiger partial charge in [-0.25, -0.2) is 12.4 Å². The second-order valence-corrected chi connectivity index (χ2v) is 7.28. The lowest BCUT2D eigenvalue weighted by Crippen LogP contribution is -2.15. The van der Waals surface area contributed by atoms with Gasteiger partial charge in [0.2, 0.25) is 0 Å². The van der Waals surface area contributed by atoms with Crippen LogP contribution in [0.4, 0.5) is 0 Å². The van der Waals surface area contributed by atoms with Gasteiger partial charge in [-0.3, -0.25) is 0 Å². The molecule has 0 radical (unpaired) electrons. The van der Waals surface area contributed by atoms with Crippen molar-refractivity contribution >= 4 is 36.9 Å². The zero-order valence-corrected chi connectivity index (χ0v) is 13.3. The molecule has 0 bridgehead atoms. The SMILES string of the molecule is O=S(=O)(c1ccccc1)n1c(CO)cc2ccc(Br)cc21. The normalized spacial score (nSPS) is 11.9. The van der Waals surface area contributed by atoms with Gasteiger partial charge in [0.1, 0.15) is 0 Å². The summed E-state index contributed by atoms with van der Waals surface area (Å²) in [5.74, 6) is 0. The molecule has 1 N–H and O–H groups in total. The fraction of sp³-hybridized carbons (Fsp3) is 0.0667. The molecular formula is C15H12BrNO3S. The molecule has 0 unspecified atom stereocenters. The summed E-state index contributed by atoms with van der Waals surface area (Å²) >= 11 is 3.35. The molecule has 0 fully saturated rings. The molecule has 108 valence electrons. The molecule has 1 heterocycles. The first kappa shape index (κ1) is 14.3. The maximum atomic E-state index is 12.8. The summed E-state index contributed by atoms with van der Waals surface area (Å²) in [5.41, 5.74) is 0.879. The molecule has 0 amide bonds. The molecule has 4 nitrogen and oxygen atoms in total. The summed E-state index contributed by atoms with van der Waals surface area (Å²) in [6.07, 6.45) is 0. The van der Waals surface area contributed by atoms with E-state index in [9.17, 15) is 13.5 Å². The first-order valence-electron chi connectivity index (χ1n) is 6.25. The van der Waals surface area contributed by atoms with Gasteiger partial charge in [0.15, 0.2) is 0 Å². The number of halogens is 1. The van der Waals surface area contributed by atoms with Crippen LogP contribution in [0.3, 0.4) is 0 Å². The highest BCUT2D eigenvalue weighted by Crippen LogP contribution is 2.28. The van der Waals surface area contributed by atoms with E-state index in [0.717, 1.165) is 9.86 Å². The van der Waals surface area contributed by atoms with Crippen LogP contribution in [-0.4, -0.2) is 17.5 Å². The minimum atomic E-state index is -3.75. The molecule has 0 spiro atoms. The van der Waals surface area contributed by atoms with Crippen LogP contribution in [-0.2, 0) is 16.6 Å². The largest absolute Gasteiger partial charge is 0.390 e. The maximum absolute atomic E-state index is 12.8. The number of benzene rings is 2. The fourth-order valence-electron chi connectivity index (χ4n) is 2.30. The number of nitrogens with zero attached hydrogens (tertiary/aromatic N) is 1. The molecule has 0 aliphatic carbocycles. The molecule has 0 saturated heterocycles. The van der Waals surface area contributed by atoms with Crippen LogP contribution < -0.4 is 0 Å². The number of hydrogen-bond donors (Lipinski definition) is 1. The van der Waals surface area contributed by atoms with Gasteiger partial charge in [-0.1, -0.05) is 40.2 Å². The summed E-state index contributed by atoms with van der Waals surface area (Å²) < 4.78 is 27.6. The number of fused-ring (bicyclic) bond motifs is 1. The van der Waals surface area contributed by atoms with Crippen molar-refractivity contribution in [1.29, 1.82) is 0 Å². The van der Waals surface area contributed by atoms with E-state index in [-0.39, 0.29) is 11.5 Å². The lowest BCUT2D eigenvalue weighted by Gasteiger charge is -2.10. The Morgan fingerprint density at radius 1 is 1.05 bits per heavy atom. The molecule has 3 aromatic rings. The molecule has 1 aromatic heterocycles. The third-order valence-electron chi connectivity index (χ3n) is 3.24. The highest BCUT2D eigenvalue weighted by Gasteiger charge is 2.22. The van der Waals surface area contributed by atoms with Crippen molar-refractivity contribution in [1.82, 2.24) is 3.97 Å². The second kappa shape index (κ2) is 5.29. The lowest BCUT2D eigenvalue weighted by molar-refractivity contribution is 0.276. The fourth-order valence-corrected chi connectivity index (χ4v) is 4.20. The Hall–Kier alpha value is -1.63. The minimum Gasteiger partial charge on any atom is -0.390 e. The summed E-state index contributed by atoms with van der Waals surface area (Å²) in [7, 11) is -3.75. The maximum Gasteiger partial charge on any atom is 0.268 e. The molecular weight excluding hydrogens is 354 g/mol. The summed E-state index contributed by atoms with van der Waals surface area (Å²) in [6.45, 7) is -0.349. The number of rotatable bonds is 3. The number of aliphatic hydroxyl groups excluding tert-OH is 1. The lowest BCUT2D eigenvalue weighted by atomic mass is 10.2. The number of aromatic nitrogens is 1. The van der Waals surface area contributed by atoms with Gasteiger partial charge in [0.25, 0.3) is 10.0 Å². The van der Waals surface area contributed by atoms with E-state index in [1.165, 1.54) is 3.97 Å². The highest BCUT2D eigenvalue weighted by atomic mass is 79.9. The van der Waals surface area contributed by atoms with Crippen LogP contribution in [0.25, 0.3) is 10.9 Å². The van der Waals surface area contributed by atoms with Gasteiger partial charge in [0.05, 0.1) is 22.7 Å². The minimum absolute atomic E-state index is 0.192. The zero-order valence-electron chi connectivity index (χ0n) is 10.9. The van der Waals surface area contributed by atoms with Gasteiger partial charge in [-0.15, -0.1) is 0 Å². The molecule has 0 saturated carbocycles. The Morgan fingerprint density at radius 2 is 1.76 bits per heavy atom. The third kappa shape index (κ3) is 2.39. The highest BCUT2D eigenvalue weighted by molar-refractivity contribution is 9.10. The van der Waals surface area contributed by atoms with Crippen molar-refractivity contribution in [2.75, 3.05) is 0 Å². The van der Waals surface area contributed by atoms with E-state index in [4.69, 9.17) is 0 Å². The predicted octanol–water partition coefficient (Wildman–Crippen LogP) is 3.13. The average Bonchev–Trinajstić information content (AvgIpc) is 2.86. The van der Waals surface area contributed by atoms with Crippen LogP contribution >= 0.6 is 15.9 Å². The molecule has 0 aliphatic heterocycles. The van der Waals surface area contributed by atoms with Crippen molar-refractivity contribution in [3.63, 3.8) is 0 Å². The molecule has 3 rings (SSSR count). The van der Waals surface area contributed by atoms with E-state index >= 15 is 0 Å². The average molecular weight is 366 g/mol. The van der Waals surface area contributed by atoms with Gasteiger partial charge in [-0.2, -0.15) is 0 Å². The Kier molecular flexibility index (Phi) is 3.61. The summed E-state index contributed by atoms with van der Waals surface area (Å²) in [4.78, 5) is 0.192.